The average molecular weight is 293 g/mol. The van der Waals surface area contributed by atoms with Gasteiger partial charge in [-0.05, 0) is 25.1 Å². The van der Waals surface area contributed by atoms with E-state index in [-0.39, 0.29) is 17.8 Å². The molecule has 0 saturated carbocycles. The Balaban J connectivity index is 2.02. The summed E-state index contributed by atoms with van der Waals surface area (Å²) in [6, 6.07) is 2.31. The minimum Gasteiger partial charge on any atom is -0.478 e. The van der Waals surface area contributed by atoms with E-state index in [1.54, 1.807) is 6.92 Å². The Morgan fingerprint density at radius 3 is 2.81 bits per heavy atom. The van der Waals surface area contributed by atoms with Gasteiger partial charge in [0.1, 0.15) is 11.6 Å². The lowest BCUT2D eigenvalue weighted by Gasteiger charge is -2.09. The van der Waals surface area contributed by atoms with Crippen LogP contribution in [0.3, 0.4) is 0 Å². The molecule has 21 heavy (non-hydrogen) atoms. The molecule has 2 rings (SSSR count). The molecule has 0 radical (unpaired) electrons. The number of carboxylic acids is 1. The Kier molecular flexibility index (Phi) is 4.17. The van der Waals surface area contributed by atoms with Gasteiger partial charge in [-0.25, -0.2) is 19.0 Å². The molecule has 0 spiro atoms. The summed E-state index contributed by atoms with van der Waals surface area (Å²) in [6.07, 6.45) is 1.50. The lowest BCUT2D eigenvalue weighted by molar-refractivity contribution is 0.0698. The summed E-state index contributed by atoms with van der Waals surface area (Å²) in [5.41, 5.74) is -0.345. The highest BCUT2D eigenvalue weighted by molar-refractivity contribution is 5.99. The number of nitrogens with one attached hydrogen (secondary N) is 2. The SMILES string of the molecule is Cc1cnc(CNC(=O)Nc2cc(F)ccc2C(=O)O)o1. The number of oxazole rings is 1. The summed E-state index contributed by atoms with van der Waals surface area (Å²) < 4.78 is 18.3. The van der Waals surface area contributed by atoms with Crippen LogP contribution in [0.2, 0.25) is 0 Å². The van der Waals surface area contributed by atoms with Gasteiger partial charge < -0.3 is 20.2 Å². The number of carbonyl (C=O) groups excluding carboxylic acids is 1. The molecule has 0 bridgehead atoms. The fraction of sp³-hybridized carbons (Fsp3) is 0.154. The molecule has 0 unspecified atom stereocenters. The lowest BCUT2D eigenvalue weighted by atomic mass is 10.2. The van der Waals surface area contributed by atoms with Gasteiger partial charge in [0.15, 0.2) is 0 Å². The molecule has 3 N–H and O–H groups in total. The smallest absolute Gasteiger partial charge is 0.337 e. The predicted octanol–water partition coefficient (Wildman–Crippen LogP) is 2.14. The number of nitrogens with zero attached hydrogens (tertiary/aromatic N) is 1. The van der Waals surface area contributed by atoms with Crippen molar-refractivity contribution in [2.75, 3.05) is 5.32 Å². The van der Waals surface area contributed by atoms with Crippen LogP contribution in [0.25, 0.3) is 0 Å². The maximum atomic E-state index is 13.1. The van der Waals surface area contributed by atoms with Gasteiger partial charge in [-0.15, -0.1) is 0 Å². The van der Waals surface area contributed by atoms with Gasteiger partial charge in [-0.3, -0.25) is 0 Å². The third-order valence-electron chi connectivity index (χ3n) is 2.53. The van der Waals surface area contributed by atoms with Gasteiger partial charge in [0.25, 0.3) is 0 Å². The summed E-state index contributed by atoms with van der Waals surface area (Å²) in [7, 11) is 0. The number of hydrogen-bond acceptors (Lipinski definition) is 4. The van der Waals surface area contributed by atoms with Crippen LogP contribution < -0.4 is 10.6 Å². The first-order valence-electron chi connectivity index (χ1n) is 5.94. The van der Waals surface area contributed by atoms with Crippen molar-refractivity contribution in [2.45, 2.75) is 13.5 Å². The number of carbonyl (C=O) groups is 2. The Labute approximate surface area is 118 Å². The molecule has 0 aliphatic heterocycles. The third kappa shape index (κ3) is 3.78. The lowest BCUT2D eigenvalue weighted by Crippen LogP contribution is -2.29. The zero-order valence-electron chi connectivity index (χ0n) is 11.0. The topological polar surface area (TPSA) is 104 Å². The number of carboxylic acid groups (broad SMARTS) is 1. The van der Waals surface area contributed by atoms with Crippen molar-refractivity contribution in [3.63, 3.8) is 0 Å². The second kappa shape index (κ2) is 6.04. The number of aryl methyl sites for hydroxylation is 1. The van der Waals surface area contributed by atoms with Crippen LogP contribution in [0, 0.1) is 12.7 Å². The van der Waals surface area contributed by atoms with E-state index in [2.05, 4.69) is 15.6 Å². The first-order chi connectivity index (χ1) is 9.95. The van der Waals surface area contributed by atoms with Gasteiger partial charge in [0.05, 0.1) is 24.0 Å². The molecule has 0 atom stereocenters. The number of aromatic carboxylic acids is 1. The average Bonchev–Trinajstić information content (AvgIpc) is 2.82. The van der Waals surface area contributed by atoms with Crippen molar-refractivity contribution < 1.29 is 23.5 Å². The third-order valence-corrected chi connectivity index (χ3v) is 2.53. The summed E-state index contributed by atoms with van der Waals surface area (Å²) in [5, 5.41) is 13.7. The number of amides is 2. The van der Waals surface area contributed by atoms with Crippen LogP contribution in [0.1, 0.15) is 22.0 Å². The van der Waals surface area contributed by atoms with Crippen LogP contribution in [0.15, 0.2) is 28.8 Å². The summed E-state index contributed by atoms with van der Waals surface area (Å²) in [6.45, 7) is 1.74. The number of hydrogen-bond donors (Lipinski definition) is 3. The molecule has 2 amide bonds. The molecule has 0 fully saturated rings. The van der Waals surface area contributed by atoms with Crippen LogP contribution in [0.5, 0.6) is 0 Å². The van der Waals surface area contributed by atoms with E-state index in [9.17, 15) is 14.0 Å². The number of anilines is 1. The van der Waals surface area contributed by atoms with Crippen molar-refractivity contribution in [1.29, 1.82) is 0 Å². The fourth-order valence-electron chi connectivity index (χ4n) is 1.61. The Bertz CT molecular complexity index is 684. The zero-order chi connectivity index (χ0) is 15.4. The van der Waals surface area contributed by atoms with Crippen molar-refractivity contribution >= 4 is 17.7 Å². The van der Waals surface area contributed by atoms with Crippen molar-refractivity contribution in [2.24, 2.45) is 0 Å². The fourth-order valence-corrected chi connectivity index (χ4v) is 1.61. The molecule has 2 aromatic rings. The first-order valence-corrected chi connectivity index (χ1v) is 5.94. The molecule has 0 aliphatic rings. The minimum absolute atomic E-state index is 0.0252. The monoisotopic (exact) mass is 293 g/mol. The van der Waals surface area contributed by atoms with Crippen LogP contribution >= 0.6 is 0 Å². The zero-order valence-corrected chi connectivity index (χ0v) is 11.0. The standard InChI is InChI=1S/C13H12FN3O4/c1-7-5-15-11(21-7)6-16-13(20)17-10-4-8(14)2-3-9(10)12(18)19/h2-5H,6H2,1H3,(H,18,19)(H2,16,17,20). The van der Waals surface area contributed by atoms with Gasteiger partial charge in [-0.1, -0.05) is 0 Å². The van der Waals surface area contributed by atoms with E-state index in [1.165, 1.54) is 6.20 Å². The molecule has 110 valence electrons. The maximum Gasteiger partial charge on any atom is 0.337 e. The summed E-state index contributed by atoms with van der Waals surface area (Å²) in [5.74, 6) is -1.02. The first kappa shape index (κ1) is 14.5. The number of halogens is 1. The second-order valence-electron chi connectivity index (χ2n) is 4.17. The van der Waals surface area contributed by atoms with E-state index < -0.39 is 17.8 Å². The maximum absolute atomic E-state index is 13.1. The van der Waals surface area contributed by atoms with E-state index in [0.717, 1.165) is 18.2 Å². The van der Waals surface area contributed by atoms with E-state index in [1.807, 2.05) is 0 Å². The molecule has 7 nitrogen and oxygen atoms in total. The minimum atomic E-state index is -1.27. The molecule has 1 aromatic heterocycles. The highest BCUT2D eigenvalue weighted by Gasteiger charge is 2.13. The van der Waals surface area contributed by atoms with E-state index in [4.69, 9.17) is 9.52 Å². The summed E-state index contributed by atoms with van der Waals surface area (Å²) >= 11 is 0. The molecule has 0 saturated heterocycles. The number of rotatable bonds is 4. The number of urea groups is 1. The normalized spacial score (nSPS) is 10.2. The van der Waals surface area contributed by atoms with Crippen LogP contribution in [-0.2, 0) is 6.54 Å². The number of benzene rings is 1. The molecular formula is C13H12FN3O4. The molecule has 1 heterocycles. The Morgan fingerprint density at radius 1 is 1.43 bits per heavy atom. The van der Waals surface area contributed by atoms with Gasteiger partial charge >= 0.3 is 12.0 Å². The van der Waals surface area contributed by atoms with Gasteiger partial charge in [0, 0.05) is 0 Å². The molecule has 0 aliphatic carbocycles. The molecule has 1 aromatic carbocycles. The van der Waals surface area contributed by atoms with Gasteiger partial charge in [0.2, 0.25) is 5.89 Å². The van der Waals surface area contributed by atoms with Gasteiger partial charge in [-0.2, -0.15) is 0 Å². The molecule has 8 heteroatoms. The van der Waals surface area contributed by atoms with E-state index in [0.29, 0.717) is 11.7 Å². The van der Waals surface area contributed by atoms with Crippen LogP contribution in [-0.4, -0.2) is 22.1 Å². The largest absolute Gasteiger partial charge is 0.478 e. The Morgan fingerprint density at radius 2 is 2.19 bits per heavy atom. The predicted molar refractivity (Wildman–Crippen MR) is 70.5 cm³/mol. The highest BCUT2D eigenvalue weighted by atomic mass is 19.1. The van der Waals surface area contributed by atoms with Crippen molar-refractivity contribution in [3.05, 3.63) is 47.4 Å². The Hall–Kier alpha value is -2.90. The van der Waals surface area contributed by atoms with Crippen molar-refractivity contribution in [3.8, 4) is 0 Å². The van der Waals surface area contributed by atoms with Crippen molar-refractivity contribution in [1.82, 2.24) is 10.3 Å². The quantitative estimate of drug-likeness (QED) is 0.801. The molecular weight excluding hydrogens is 281 g/mol. The highest BCUT2D eigenvalue weighted by Crippen LogP contribution is 2.17. The second-order valence-corrected chi connectivity index (χ2v) is 4.17. The van der Waals surface area contributed by atoms with E-state index >= 15 is 0 Å². The summed E-state index contributed by atoms with van der Waals surface area (Å²) in [4.78, 5) is 26.5. The number of aromatic nitrogens is 1. The van der Waals surface area contributed by atoms with Crippen LogP contribution in [0.4, 0.5) is 14.9 Å².